The number of non-ortho nitro benzene ring substituents is 2. The van der Waals surface area contributed by atoms with E-state index in [0.717, 1.165) is 40.2 Å². The van der Waals surface area contributed by atoms with Gasteiger partial charge in [-0.15, -0.1) is 11.3 Å². The minimum absolute atomic E-state index is 0. The second kappa shape index (κ2) is 41.8. The molecule has 10 N–H and O–H groups in total. The first-order valence-electron chi connectivity index (χ1n) is 20.3. The Bertz CT molecular complexity index is 3050. The van der Waals surface area contributed by atoms with Crippen LogP contribution in [0.4, 0.5) is 47.1 Å². The van der Waals surface area contributed by atoms with Gasteiger partial charge >= 0.3 is 35.7 Å². The third-order valence-electron chi connectivity index (χ3n) is 7.92. The number of aromatic nitrogens is 5. The average Bonchev–Trinajstić information content (AvgIpc) is 3.82. The molecule has 21 nitrogen and oxygen atoms in total. The van der Waals surface area contributed by atoms with Crippen LogP contribution in [0.15, 0.2) is 132 Å². The second-order valence-corrected chi connectivity index (χ2v) is 17.5. The number of nitro benzene ring substituents is 2. The number of carbonyl (C=O) groups is 2. The molecule has 0 spiro atoms. The van der Waals surface area contributed by atoms with Crippen molar-refractivity contribution in [1.29, 1.82) is 0 Å². The fourth-order valence-electron chi connectivity index (χ4n) is 4.96. The maximum Gasteiger partial charge on any atom is 1.00 e. The number of anilines is 3. The topological polar surface area (TPSA) is 360 Å². The maximum absolute atomic E-state index is 12.7. The molecule has 0 atom stereocenters. The summed E-state index contributed by atoms with van der Waals surface area (Å²) in [5.41, 5.74) is 14.8. The van der Waals surface area contributed by atoms with Gasteiger partial charge in [0.15, 0.2) is 20.5 Å². The van der Waals surface area contributed by atoms with Crippen molar-refractivity contribution in [2.45, 2.75) is 33.4 Å². The number of aryl methyl sites for hydroxylation is 3. The number of nitrogens with zero attached hydrogens (tertiary/aromatic N) is 8. The SMILES string of the molecule is Cc1cccc(CC(N)=S)n1.Cc1cccc(N)n1.Cc1cccc(N=C=S)n1.N.O.O=C(CBr)c1cccc([N+](=O)[O-])c1.O=CO[O-].O=[N+]([O-])c1cccc(-c2csc(Nc3cccc(C(F)(F)F)n3)n2)c1.S=C(Cl)Cl.[Na+]. The summed E-state index contributed by atoms with van der Waals surface area (Å²) in [5, 5.41) is 36.7. The molecule has 0 unspecified atom stereocenters. The van der Waals surface area contributed by atoms with Crippen molar-refractivity contribution in [1.82, 2.24) is 31.1 Å². The number of aliphatic imine (C=N–C) groups is 1. The number of halogens is 6. The van der Waals surface area contributed by atoms with Crippen molar-refractivity contribution >= 4 is 147 Å². The number of thiocarbonyl (C=S) groups is 3. The zero-order chi connectivity index (χ0) is 56.5. The van der Waals surface area contributed by atoms with Crippen molar-refractivity contribution in [2.75, 3.05) is 16.4 Å². The first-order valence-corrected chi connectivity index (χ1v) is 24.2. The molecule has 0 radical (unpaired) electrons. The molecule has 5 heterocycles. The van der Waals surface area contributed by atoms with Crippen LogP contribution in [0, 0.1) is 41.0 Å². The van der Waals surface area contributed by atoms with Crippen LogP contribution < -0.4 is 57.7 Å². The summed E-state index contributed by atoms with van der Waals surface area (Å²) in [4.78, 5) is 66.7. The van der Waals surface area contributed by atoms with Gasteiger partial charge in [0.1, 0.15) is 17.3 Å². The standard InChI is InChI=1S/C15H9F3N4O2S.C8H6BrNO3.C8H10N2S.C7H6N2S.C6H8N2.CCl2S.CH2O3.H3N.Na.H2O/c16-15(17,18)12-5-2-6-13(20-12)21-14-19-11(8-25-14)9-3-1-4-10(7-9)22(23)24;9-5-8(11)6-2-1-3-7(4-6)10(12)13;1-6-3-2-4-7(10-6)5-8(9)11;1-6-3-2-4-7(9-6)8-5-10;1-5-3-2-4-6(7)8-5;2-1(3)4;2-1-4-3;;;/h1-8H,(H,19,20,21);1-4H,5H2;2-4H,5H2,1H3,(H2,9,11);2-4H,1H3;2-4H,1H3,(H2,7,8);;1,3H;1H3;;1H2/q;;;;;;;;+1;/p-1. The number of rotatable bonds is 11. The quantitative estimate of drug-likeness (QED) is 0.00913. The van der Waals surface area contributed by atoms with Crippen LogP contribution in [0.3, 0.4) is 0 Å². The third-order valence-corrected chi connectivity index (χ3v) is 9.42. The molecular weight excluding hydrogens is 1220 g/mol. The molecule has 2 aromatic carbocycles. The summed E-state index contributed by atoms with van der Waals surface area (Å²) < 4.78 is 38.0. The molecule has 0 amide bonds. The summed E-state index contributed by atoms with van der Waals surface area (Å²) in [6.45, 7) is 5.59. The van der Waals surface area contributed by atoms with E-state index in [0.29, 0.717) is 45.0 Å². The summed E-state index contributed by atoms with van der Waals surface area (Å²) in [7, 11) is 0. The van der Waals surface area contributed by atoms with Crippen molar-refractivity contribution in [2.24, 2.45) is 10.7 Å². The number of carbonyl (C=O) groups excluding carboxylic acids is 2. The normalized spacial score (nSPS) is 9.21. The predicted octanol–water partition coefficient (Wildman–Crippen LogP) is 7.89. The Balaban J connectivity index is -0.000000912. The monoisotopic (exact) mass is 1270 g/mol. The molecule has 0 saturated carbocycles. The number of benzene rings is 2. The number of pyridine rings is 4. The number of hydrogen-bond donors (Lipinski definition) is 4. The van der Waals surface area contributed by atoms with Gasteiger partial charge < -0.3 is 38.6 Å². The van der Waals surface area contributed by atoms with E-state index in [9.17, 15) is 38.2 Å². The number of alkyl halides is 4. The van der Waals surface area contributed by atoms with Crippen LogP contribution in [0.5, 0.6) is 0 Å². The Labute approximate surface area is 504 Å². The Morgan fingerprint density at radius 3 is 1.83 bits per heavy atom. The van der Waals surface area contributed by atoms with Gasteiger partial charge in [-0.2, -0.15) is 18.2 Å². The molecule has 7 rings (SSSR count). The van der Waals surface area contributed by atoms with E-state index in [1.54, 1.807) is 29.6 Å². The number of nitrogen functional groups attached to an aromatic ring is 1. The molecule has 410 valence electrons. The summed E-state index contributed by atoms with van der Waals surface area (Å²) >= 11 is 26.9. The number of ketones is 1. The van der Waals surface area contributed by atoms with Crippen molar-refractivity contribution in [3.05, 3.63) is 181 Å². The maximum atomic E-state index is 12.7. The molecule has 0 aliphatic heterocycles. The number of Topliss-reactive ketones (excluding diaryl/α,β-unsaturated/α-hetero) is 1. The van der Waals surface area contributed by atoms with E-state index in [1.165, 1.54) is 48.5 Å². The molecule has 0 fully saturated rings. The van der Waals surface area contributed by atoms with Gasteiger partial charge in [-0.3, -0.25) is 34.8 Å². The fraction of sp³-hybridized carbons (Fsp3) is 0.130. The zero-order valence-corrected chi connectivity index (χ0v) is 49.6. The smallest absolute Gasteiger partial charge is 0.662 e. The van der Waals surface area contributed by atoms with Gasteiger partial charge in [0.2, 0.25) is 0 Å². The molecule has 32 heteroatoms. The predicted molar refractivity (Wildman–Crippen MR) is 305 cm³/mol. The van der Waals surface area contributed by atoms with Crippen LogP contribution in [0.2, 0.25) is 0 Å². The van der Waals surface area contributed by atoms with E-state index in [4.69, 9.17) is 56.9 Å². The number of thiazole rings is 1. The van der Waals surface area contributed by atoms with Gasteiger partial charge in [0.05, 0.1) is 31.0 Å². The van der Waals surface area contributed by atoms with Crippen LogP contribution in [0.1, 0.15) is 38.8 Å². The Morgan fingerprint density at radius 1 is 0.846 bits per heavy atom. The first-order chi connectivity index (χ1) is 35.4. The molecule has 0 aliphatic rings. The van der Waals surface area contributed by atoms with Gasteiger partial charge in [-0.05, 0) is 81.5 Å². The average molecular weight is 1270 g/mol. The zero-order valence-electron chi connectivity index (χ0n) is 41.2. The van der Waals surface area contributed by atoms with E-state index in [1.807, 2.05) is 63.2 Å². The second-order valence-electron chi connectivity index (χ2n) is 13.6. The molecule has 0 saturated heterocycles. The number of nitrogens with two attached hydrogens (primary N) is 2. The summed E-state index contributed by atoms with van der Waals surface area (Å²) in [5.74, 6) is 1.05. The van der Waals surface area contributed by atoms with Crippen LogP contribution in [-0.4, -0.2) is 71.8 Å². The summed E-state index contributed by atoms with van der Waals surface area (Å²) in [6.07, 6.45) is -3.94. The van der Waals surface area contributed by atoms with Crippen molar-refractivity contribution in [3.8, 4) is 11.3 Å². The summed E-state index contributed by atoms with van der Waals surface area (Å²) in [6, 6.07) is 32.1. The van der Waals surface area contributed by atoms with Gasteiger partial charge in [-0.1, -0.05) is 112 Å². The number of isothiocyanates is 1. The van der Waals surface area contributed by atoms with Crippen LogP contribution in [0.25, 0.3) is 11.3 Å². The number of nitro groups is 2. The fourth-order valence-corrected chi connectivity index (χ4v) is 6.25. The minimum Gasteiger partial charge on any atom is -0.662 e. The van der Waals surface area contributed by atoms with E-state index < -0.39 is 21.7 Å². The minimum atomic E-state index is -4.53. The third kappa shape index (κ3) is 33.8. The van der Waals surface area contributed by atoms with E-state index in [-0.39, 0.29) is 79.7 Å². The Kier molecular flexibility index (Phi) is 40.7. The van der Waals surface area contributed by atoms with Crippen LogP contribution >= 0.6 is 87.1 Å². The Hall–Kier alpha value is -6.28. The van der Waals surface area contributed by atoms with Crippen molar-refractivity contribution < 1.29 is 77.8 Å². The van der Waals surface area contributed by atoms with Gasteiger partial charge in [0.25, 0.3) is 17.8 Å². The molecule has 7 aromatic rings. The Morgan fingerprint density at radius 2 is 1.36 bits per heavy atom. The van der Waals surface area contributed by atoms with E-state index >= 15 is 0 Å². The van der Waals surface area contributed by atoms with Crippen LogP contribution in [-0.2, 0) is 22.3 Å². The van der Waals surface area contributed by atoms with E-state index in [2.05, 4.69) is 85.6 Å². The van der Waals surface area contributed by atoms with Gasteiger partial charge in [-0.25, -0.2) is 19.9 Å². The number of hydrogen-bond acceptors (Lipinski definition) is 21. The molecule has 0 aliphatic carbocycles. The number of nitrogens with one attached hydrogen (secondary N) is 1. The molecular formula is C46H45BrCl2F3N12NaO9S4. The first kappa shape index (κ1) is 76.0. The van der Waals surface area contributed by atoms with Gasteiger partial charge in [0, 0.05) is 70.0 Å². The molecule has 0 bridgehead atoms. The van der Waals surface area contributed by atoms with Crippen molar-refractivity contribution in [3.63, 3.8) is 0 Å². The largest absolute Gasteiger partial charge is 1.00 e. The molecule has 5 aromatic heterocycles. The molecule has 78 heavy (non-hydrogen) atoms.